The summed E-state index contributed by atoms with van der Waals surface area (Å²) in [5, 5.41) is 7.52. The fourth-order valence-electron chi connectivity index (χ4n) is 1.19. The van der Waals surface area contributed by atoms with E-state index >= 15 is 0 Å². The number of rotatable bonds is 7. The Morgan fingerprint density at radius 3 is 2.17 bits per heavy atom. The van der Waals surface area contributed by atoms with Gasteiger partial charge in [-0.1, -0.05) is 39.5 Å². The molecule has 0 aliphatic carbocycles. The van der Waals surface area contributed by atoms with Crippen molar-refractivity contribution >= 4 is 5.71 Å². The van der Waals surface area contributed by atoms with E-state index in [9.17, 15) is 0 Å². The average molecular weight is 163 g/mol. The zero-order chi connectivity index (χ0) is 8.53. The van der Waals surface area contributed by atoms with E-state index in [1.165, 1.54) is 25.7 Å². The van der Waals surface area contributed by atoms with Crippen LogP contribution in [0.15, 0.2) is 0 Å². The quantitative estimate of drug-likeness (QED) is 0.327. The summed E-state index contributed by atoms with van der Waals surface area (Å²) in [5.41, 5.74) is 0.948. The van der Waals surface area contributed by atoms with Crippen molar-refractivity contribution < 1.29 is 20.3 Å². The molecule has 68 valence electrons. The molecule has 0 bridgehead atoms. The first-order chi connectivity index (χ1) is 5.31. The predicted octanol–water partition coefficient (Wildman–Crippen LogP) is 0.893. The fraction of sp³-hybridized carbons (Fsp3) is 0.900. The molecule has 2 heteroatoms. The molecule has 0 atom stereocenters. The summed E-state index contributed by atoms with van der Waals surface area (Å²) in [4.78, 5) is 0. The van der Waals surface area contributed by atoms with Gasteiger partial charge in [0.1, 0.15) is 0 Å². The van der Waals surface area contributed by atoms with Crippen LogP contribution in [0.2, 0.25) is 0 Å². The maximum absolute atomic E-state index is 7.52. The third-order valence-corrected chi connectivity index (χ3v) is 1.88. The minimum absolute atomic E-state index is 0. The summed E-state index contributed by atoms with van der Waals surface area (Å²) >= 11 is 0. The van der Waals surface area contributed by atoms with E-state index in [0.717, 1.165) is 25.0 Å². The standard InChI is InChI=1S/C10H21N.Li.H/c1-3-5-6-7-9-10(11)8-4-2;;/h11H,3-9H2,1-2H3;;/q;+1;-1. The van der Waals surface area contributed by atoms with Gasteiger partial charge in [0.05, 0.1) is 0 Å². The second kappa shape index (κ2) is 11.3. The third kappa shape index (κ3) is 10.3. The van der Waals surface area contributed by atoms with E-state index < -0.39 is 0 Å². The van der Waals surface area contributed by atoms with Gasteiger partial charge in [-0.05, 0) is 19.3 Å². The van der Waals surface area contributed by atoms with Gasteiger partial charge in [0.25, 0.3) is 0 Å². The molecule has 1 N–H and O–H groups in total. The van der Waals surface area contributed by atoms with Gasteiger partial charge in [-0.2, -0.15) is 0 Å². The molecule has 0 aliphatic heterocycles. The van der Waals surface area contributed by atoms with Crippen LogP contribution in [0.1, 0.15) is 60.2 Å². The van der Waals surface area contributed by atoms with Crippen molar-refractivity contribution in [1.82, 2.24) is 0 Å². The van der Waals surface area contributed by atoms with Crippen LogP contribution < -0.4 is 18.9 Å². The Balaban J connectivity index is -0.000000500. The Labute approximate surface area is 90.5 Å². The molecule has 0 rings (SSSR count). The molecule has 0 amide bonds. The SMILES string of the molecule is CCCCCCC(=N)CCC.[H-].[Li+]. The van der Waals surface area contributed by atoms with Crippen molar-refractivity contribution in [2.24, 2.45) is 0 Å². The molecule has 0 heterocycles. The van der Waals surface area contributed by atoms with Gasteiger partial charge < -0.3 is 6.84 Å². The molecule has 12 heavy (non-hydrogen) atoms. The van der Waals surface area contributed by atoms with Gasteiger partial charge in [-0.15, -0.1) is 0 Å². The van der Waals surface area contributed by atoms with Crippen LogP contribution in [0, 0.1) is 5.41 Å². The van der Waals surface area contributed by atoms with Crippen LogP contribution >= 0.6 is 0 Å². The van der Waals surface area contributed by atoms with Crippen LogP contribution in [0.4, 0.5) is 0 Å². The van der Waals surface area contributed by atoms with Crippen molar-refractivity contribution in [1.29, 1.82) is 5.41 Å². The molecule has 0 aliphatic rings. The molecule has 0 spiro atoms. The summed E-state index contributed by atoms with van der Waals surface area (Å²) in [6, 6.07) is 0. The summed E-state index contributed by atoms with van der Waals surface area (Å²) in [6.07, 6.45) is 8.34. The van der Waals surface area contributed by atoms with Crippen molar-refractivity contribution in [3.8, 4) is 0 Å². The summed E-state index contributed by atoms with van der Waals surface area (Å²) in [6.45, 7) is 4.36. The molecule has 0 saturated carbocycles. The molecular formula is C10H22LiN. The fourth-order valence-corrected chi connectivity index (χ4v) is 1.19. The van der Waals surface area contributed by atoms with Crippen LogP contribution in [0.25, 0.3) is 0 Å². The van der Waals surface area contributed by atoms with Crippen LogP contribution in [0.3, 0.4) is 0 Å². The topological polar surface area (TPSA) is 23.9 Å². The molecular weight excluding hydrogens is 141 g/mol. The van der Waals surface area contributed by atoms with Crippen LogP contribution in [-0.2, 0) is 0 Å². The zero-order valence-electron chi connectivity index (χ0n) is 9.95. The number of hydrogen-bond donors (Lipinski definition) is 1. The second-order valence-electron chi connectivity index (χ2n) is 3.16. The van der Waals surface area contributed by atoms with Crippen molar-refractivity contribution in [3.63, 3.8) is 0 Å². The van der Waals surface area contributed by atoms with E-state index in [0.29, 0.717) is 0 Å². The number of hydrogen-bond acceptors (Lipinski definition) is 1. The number of nitrogens with one attached hydrogen (secondary N) is 1. The van der Waals surface area contributed by atoms with Gasteiger partial charge in [0.2, 0.25) is 0 Å². The monoisotopic (exact) mass is 163 g/mol. The van der Waals surface area contributed by atoms with Crippen molar-refractivity contribution in [2.75, 3.05) is 0 Å². The Morgan fingerprint density at radius 1 is 1.00 bits per heavy atom. The Morgan fingerprint density at radius 2 is 1.67 bits per heavy atom. The van der Waals surface area contributed by atoms with Gasteiger partial charge in [-0.25, -0.2) is 0 Å². The van der Waals surface area contributed by atoms with E-state index in [1.54, 1.807) is 0 Å². The molecule has 0 radical (unpaired) electrons. The summed E-state index contributed by atoms with van der Waals surface area (Å²) in [7, 11) is 0. The Bertz CT molecular complexity index is 107. The minimum Gasteiger partial charge on any atom is -1.00 e. The van der Waals surface area contributed by atoms with Gasteiger partial charge in [-0.3, -0.25) is 0 Å². The van der Waals surface area contributed by atoms with E-state index in [4.69, 9.17) is 5.41 Å². The summed E-state index contributed by atoms with van der Waals surface area (Å²) in [5.74, 6) is 0. The van der Waals surface area contributed by atoms with E-state index in [-0.39, 0.29) is 20.3 Å². The third-order valence-electron chi connectivity index (χ3n) is 1.88. The van der Waals surface area contributed by atoms with Crippen molar-refractivity contribution in [2.45, 2.75) is 58.8 Å². The molecule has 0 aromatic heterocycles. The summed E-state index contributed by atoms with van der Waals surface area (Å²) < 4.78 is 0. The maximum atomic E-state index is 7.52. The smallest absolute Gasteiger partial charge is 1.00 e. The first-order valence-corrected chi connectivity index (χ1v) is 4.87. The molecule has 0 aromatic carbocycles. The van der Waals surface area contributed by atoms with E-state index in [1.807, 2.05) is 0 Å². The minimum atomic E-state index is 0. The molecule has 1 nitrogen and oxygen atoms in total. The van der Waals surface area contributed by atoms with Crippen LogP contribution in [-0.4, -0.2) is 5.71 Å². The van der Waals surface area contributed by atoms with Gasteiger partial charge in [0.15, 0.2) is 0 Å². The molecule has 0 aromatic rings. The van der Waals surface area contributed by atoms with E-state index in [2.05, 4.69) is 13.8 Å². The van der Waals surface area contributed by atoms with Gasteiger partial charge >= 0.3 is 18.9 Å². The normalized spacial score (nSPS) is 9.17. The number of unbranched alkanes of at least 4 members (excludes halogenated alkanes) is 3. The molecule has 0 fully saturated rings. The molecule has 0 saturated heterocycles. The average Bonchev–Trinajstić information content (AvgIpc) is 1.99. The zero-order valence-corrected chi connectivity index (χ0v) is 8.95. The van der Waals surface area contributed by atoms with Crippen molar-refractivity contribution in [3.05, 3.63) is 0 Å². The maximum Gasteiger partial charge on any atom is 1.00 e. The Kier molecular flexibility index (Phi) is 13.9. The van der Waals surface area contributed by atoms with Gasteiger partial charge in [0, 0.05) is 5.71 Å². The Hall–Kier alpha value is 0.267. The molecule has 0 unspecified atom stereocenters. The predicted molar refractivity (Wildman–Crippen MR) is 52.5 cm³/mol. The first kappa shape index (κ1) is 14.8. The van der Waals surface area contributed by atoms with Crippen LogP contribution in [0.5, 0.6) is 0 Å². The largest absolute Gasteiger partial charge is 1.00 e. The first-order valence-electron chi connectivity index (χ1n) is 4.87. The second-order valence-corrected chi connectivity index (χ2v) is 3.16.